The van der Waals surface area contributed by atoms with E-state index in [2.05, 4.69) is 10.3 Å². The van der Waals surface area contributed by atoms with Crippen LogP contribution in [0, 0.1) is 5.82 Å². The molecule has 2 heterocycles. The van der Waals surface area contributed by atoms with E-state index in [0.717, 1.165) is 27.3 Å². The molecule has 1 N–H and O–H groups in total. The number of carbonyl (C=O) groups is 1. The number of hydrogen-bond donors (Lipinski definition) is 1. The third-order valence-electron chi connectivity index (χ3n) is 4.40. The summed E-state index contributed by atoms with van der Waals surface area (Å²) in [5, 5.41) is 9.55. The van der Waals surface area contributed by atoms with Crippen LogP contribution in [0.15, 0.2) is 57.9 Å². The normalized spacial score (nSPS) is 14.4. The third kappa shape index (κ3) is 3.97. The number of benzene rings is 2. The zero-order chi connectivity index (χ0) is 20.4. The summed E-state index contributed by atoms with van der Waals surface area (Å²) in [4.78, 5) is 16.9. The van der Waals surface area contributed by atoms with E-state index in [1.54, 1.807) is 16.8 Å². The van der Waals surface area contributed by atoms with Crippen molar-refractivity contribution in [3.8, 4) is 17.0 Å². The van der Waals surface area contributed by atoms with Gasteiger partial charge in [-0.25, -0.2) is 9.07 Å². The van der Waals surface area contributed by atoms with Gasteiger partial charge in [-0.3, -0.25) is 9.79 Å². The summed E-state index contributed by atoms with van der Waals surface area (Å²) in [5.41, 5.74) is 3.90. The molecular weight excluding hydrogens is 391 g/mol. The molecule has 1 amide bonds. The Kier molecular flexibility index (Phi) is 5.26. The van der Waals surface area contributed by atoms with Crippen molar-refractivity contribution < 1.29 is 13.9 Å². The molecule has 0 saturated heterocycles. The first-order valence-electron chi connectivity index (χ1n) is 9.15. The fourth-order valence-corrected chi connectivity index (χ4v) is 3.87. The van der Waals surface area contributed by atoms with Gasteiger partial charge in [0.05, 0.1) is 17.1 Å². The zero-order valence-electron chi connectivity index (χ0n) is 16.0. The van der Waals surface area contributed by atoms with Crippen LogP contribution >= 0.6 is 11.3 Å². The molecule has 0 radical (unpaired) electrons. The van der Waals surface area contributed by atoms with Crippen LogP contribution in [0.1, 0.15) is 19.4 Å². The van der Waals surface area contributed by atoms with Crippen molar-refractivity contribution in [1.29, 1.82) is 0 Å². The molecule has 0 fully saturated rings. The Labute approximate surface area is 171 Å². The predicted octanol–water partition coefficient (Wildman–Crippen LogP) is 3.88. The maximum Gasteiger partial charge on any atom is 0.262 e. The highest BCUT2D eigenvalue weighted by molar-refractivity contribution is 7.07. The Hall–Kier alpha value is -3.26. The molecule has 0 aliphatic carbocycles. The minimum atomic E-state index is -0.287. The largest absolute Gasteiger partial charge is 0.482 e. The van der Waals surface area contributed by atoms with E-state index >= 15 is 0 Å². The molecule has 29 heavy (non-hydrogen) atoms. The average Bonchev–Trinajstić information content (AvgIpc) is 3.10. The second-order valence-corrected chi connectivity index (χ2v) is 7.27. The molecule has 1 aromatic heterocycles. The van der Waals surface area contributed by atoms with Crippen LogP contribution in [0.4, 0.5) is 10.1 Å². The van der Waals surface area contributed by atoms with Gasteiger partial charge in [0.2, 0.25) is 4.80 Å². The van der Waals surface area contributed by atoms with Crippen LogP contribution < -0.4 is 14.9 Å². The van der Waals surface area contributed by atoms with E-state index in [1.165, 1.54) is 23.5 Å². The van der Waals surface area contributed by atoms with E-state index in [4.69, 9.17) is 9.84 Å². The van der Waals surface area contributed by atoms with E-state index in [1.807, 2.05) is 37.4 Å². The number of carbonyl (C=O) groups excluding carboxylic acids is 1. The number of nitrogens with zero attached hydrogens (tertiary/aromatic N) is 3. The smallest absolute Gasteiger partial charge is 0.262 e. The minimum absolute atomic E-state index is 0.0193. The molecule has 148 valence electrons. The number of fused-ring (bicyclic) bond motifs is 1. The Morgan fingerprint density at radius 1 is 1.28 bits per heavy atom. The van der Waals surface area contributed by atoms with Crippen LogP contribution in [0.5, 0.6) is 5.75 Å². The van der Waals surface area contributed by atoms with E-state index in [-0.39, 0.29) is 18.3 Å². The van der Waals surface area contributed by atoms with E-state index in [0.29, 0.717) is 18.0 Å². The highest BCUT2D eigenvalue weighted by Crippen LogP contribution is 2.33. The summed E-state index contributed by atoms with van der Waals surface area (Å²) in [6, 6.07) is 11.8. The van der Waals surface area contributed by atoms with Crippen molar-refractivity contribution in [3.63, 3.8) is 0 Å². The van der Waals surface area contributed by atoms with Gasteiger partial charge < -0.3 is 10.1 Å². The highest BCUT2D eigenvalue weighted by Gasteiger charge is 2.18. The first-order chi connectivity index (χ1) is 14.0. The van der Waals surface area contributed by atoms with Crippen molar-refractivity contribution in [2.75, 3.05) is 18.5 Å². The van der Waals surface area contributed by atoms with Gasteiger partial charge in [0, 0.05) is 17.5 Å². The van der Waals surface area contributed by atoms with Crippen molar-refractivity contribution in [2.24, 2.45) is 10.1 Å². The quantitative estimate of drug-likeness (QED) is 0.664. The number of ether oxygens (including phenoxy) is 1. The summed E-state index contributed by atoms with van der Waals surface area (Å²) in [5.74, 6) is 0.171. The number of hydrogen-bond acceptors (Lipinski definition) is 5. The molecule has 2 aromatic carbocycles. The third-order valence-corrected chi connectivity index (χ3v) is 5.25. The lowest BCUT2D eigenvalue weighted by Gasteiger charge is -2.18. The first kappa shape index (κ1) is 19.1. The molecule has 0 unspecified atom stereocenters. The fourth-order valence-electron chi connectivity index (χ4n) is 2.98. The van der Waals surface area contributed by atoms with Gasteiger partial charge in [-0.2, -0.15) is 5.10 Å². The minimum Gasteiger partial charge on any atom is -0.482 e. The molecule has 1 aliphatic heterocycles. The molecule has 6 nitrogen and oxygen atoms in total. The first-order valence-corrected chi connectivity index (χ1v) is 10.0. The standard InChI is InChI=1S/C21H19FN4O2S/c1-3-23-21-26(25-13(2)14-4-7-16(22)8-5-14)18(12-29-21)15-6-9-19-17(10-15)24-20(27)11-28-19/h4-10,12H,3,11H2,1-2H3,(H,24,27). The number of thiazole rings is 1. The van der Waals surface area contributed by atoms with Crippen LogP contribution in [0.2, 0.25) is 0 Å². The molecule has 1 aliphatic rings. The lowest BCUT2D eigenvalue weighted by atomic mass is 10.1. The monoisotopic (exact) mass is 410 g/mol. The van der Waals surface area contributed by atoms with Crippen molar-refractivity contribution in [1.82, 2.24) is 4.68 Å². The van der Waals surface area contributed by atoms with Crippen LogP contribution in [-0.2, 0) is 4.79 Å². The topological polar surface area (TPSA) is 68.0 Å². The fraction of sp³-hybridized carbons (Fsp3) is 0.190. The van der Waals surface area contributed by atoms with Gasteiger partial charge in [-0.1, -0.05) is 12.1 Å². The van der Waals surface area contributed by atoms with Gasteiger partial charge in [-0.15, -0.1) is 11.3 Å². The molecule has 0 atom stereocenters. The number of rotatable bonds is 4. The van der Waals surface area contributed by atoms with Gasteiger partial charge in [-0.05, 0) is 49.7 Å². The molecule has 0 spiro atoms. The van der Waals surface area contributed by atoms with Crippen LogP contribution in [-0.4, -0.2) is 29.4 Å². The number of anilines is 1. The maximum absolute atomic E-state index is 13.2. The van der Waals surface area contributed by atoms with Crippen molar-refractivity contribution in [3.05, 3.63) is 64.0 Å². The van der Waals surface area contributed by atoms with Crippen LogP contribution in [0.3, 0.4) is 0 Å². The summed E-state index contributed by atoms with van der Waals surface area (Å²) in [6.45, 7) is 4.48. The number of nitrogens with one attached hydrogen (secondary N) is 1. The summed E-state index contributed by atoms with van der Waals surface area (Å²) in [7, 11) is 0. The molecule has 4 rings (SSSR count). The SMILES string of the molecule is CCN=c1scc(-c2ccc3c(c2)NC(=O)CO3)n1N=C(C)c1ccc(F)cc1. The molecule has 0 saturated carbocycles. The Balaban J connectivity index is 1.81. The van der Waals surface area contributed by atoms with Crippen molar-refractivity contribution in [2.45, 2.75) is 13.8 Å². The van der Waals surface area contributed by atoms with Gasteiger partial charge in [0.15, 0.2) is 6.61 Å². The second-order valence-electron chi connectivity index (χ2n) is 6.43. The van der Waals surface area contributed by atoms with Crippen LogP contribution in [0.25, 0.3) is 11.3 Å². The summed E-state index contributed by atoms with van der Waals surface area (Å²) in [6.07, 6.45) is 0. The lowest BCUT2D eigenvalue weighted by Crippen LogP contribution is -2.25. The lowest BCUT2D eigenvalue weighted by molar-refractivity contribution is -0.118. The molecular formula is C21H19FN4O2S. The molecule has 8 heteroatoms. The Morgan fingerprint density at radius 2 is 2.07 bits per heavy atom. The van der Waals surface area contributed by atoms with Gasteiger partial charge in [0.1, 0.15) is 11.6 Å². The highest BCUT2D eigenvalue weighted by atomic mass is 32.1. The zero-order valence-corrected chi connectivity index (χ0v) is 16.8. The van der Waals surface area contributed by atoms with Gasteiger partial charge >= 0.3 is 0 Å². The van der Waals surface area contributed by atoms with Crippen molar-refractivity contribution >= 4 is 28.6 Å². The number of aromatic nitrogens is 1. The molecule has 3 aromatic rings. The maximum atomic E-state index is 13.2. The Morgan fingerprint density at radius 3 is 2.83 bits per heavy atom. The van der Waals surface area contributed by atoms with E-state index in [9.17, 15) is 9.18 Å². The summed E-state index contributed by atoms with van der Waals surface area (Å²) >= 11 is 1.48. The van der Waals surface area contributed by atoms with Gasteiger partial charge in [0.25, 0.3) is 5.91 Å². The predicted molar refractivity (Wildman–Crippen MR) is 112 cm³/mol. The number of halogens is 1. The Bertz CT molecular complexity index is 1160. The number of amides is 1. The average molecular weight is 410 g/mol. The molecule has 0 bridgehead atoms. The summed E-state index contributed by atoms with van der Waals surface area (Å²) < 4.78 is 20.5. The van der Waals surface area contributed by atoms with E-state index < -0.39 is 0 Å². The second kappa shape index (κ2) is 8.00.